The lowest BCUT2D eigenvalue weighted by molar-refractivity contribution is 0.0962. The summed E-state index contributed by atoms with van der Waals surface area (Å²) >= 11 is 0. The molecular formula is C23H21N3O3. The van der Waals surface area contributed by atoms with Gasteiger partial charge in [0, 0.05) is 18.2 Å². The Morgan fingerprint density at radius 1 is 1.14 bits per heavy atom. The molecule has 1 aromatic heterocycles. The number of aromatic nitrogens is 2. The van der Waals surface area contributed by atoms with Crippen LogP contribution < -0.4 is 10.1 Å². The SMILES string of the molecule is COc1ccc([C@@H]2CC(=O)c3cnc(NC(=O)c4cccc(C)c4)nc3C2)cc1. The molecule has 1 N–H and O–H groups in total. The second-order valence-corrected chi connectivity index (χ2v) is 7.18. The summed E-state index contributed by atoms with van der Waals surface area (Å²) in [6.45, 7) is 1.93. The molecule has 0 unspecified atom stereocenters. The Bertz CT molecular complexity index is 1080. The lowest BCUT2D eigenvalue weighted by atomic mass is 9.82. The van der Waals surface area contributed by atoms with E-state index in [0.29, 0.717) is 29.7 Å². The number of carbonyl (C=O) groups is 2. The van der Waals surface area contributed by atoms with Gasteiger partial charge in [-0.05, 0) is 49.1 Å². The van der Waals surface area contributed by atoms with Crippen LogP contribution in [0.3, 0.4) is 0 Å². The zero-order valence-corrected chi connectivity index (χ0v) is 16.3. The molecule has 1 amide bonds. The molecule has 1 atom stereocenters. The first kappa shape index (κ1) is 18.8. The summed E-state index contributed by atoms with van der Waals surface area (Å²) in [4.78, 5) is 33.7. The molecule has 0 aliphatic heterocycles. The molecule has 4 rings (SSSR count). The van der Waals surface area contributed by atoms with E-state index in [0.717, 1.165) is 16.9 Å². The van der Waals surface area contributed by atoms with Gasteiger partial charge in [-0.1, -0.05) is 29.8 Å². The third-order valence-electron chi connectivity index (χ3n) is 5.13. The third kappa shape index (κ3) is 4.01. The van der Waals surface area contributed by atoms with E-state index in [1.807, 2.05) is 43.3 Å². The van der Waals surface area contributed by atoms with E-state index in [2.05, 4.69) is 15.3 Å². The summed E-state index contributed by atoms with van der Waals surface area (Å²) in [5, 5.41) is 2.73. The molecule has 0 saturated heterocycles. The second kappa shape index (κ2) is 7.83. The van der Waals surface area contributed by atoms with E-state index in [4.69, 9.17) is 4.74 Å². The van der Waals surface area contributed by atoms with Crippen molar-refractivity contribution < 1.29 is 14.3 Å². The number of benzene rings is 2. The lowest BCUT2D eigenvalue weighted by Gasteiger charge is -2.23. The number of nitrogens with zero attached hydrogens (tertiary/aromatic N) is 2. The first-order chi connectivity index (χ1) is 14.0. The highest BCUT2D eigenvalue weighted by atomic mass is 16.5. The van der Waals surface area contributed by atoms with Gasteiger partial charge in [-0.3, -0.25) is 14.9 Å². The number of amides is 1. The Morgan fingerprint density at radius 3 is 2.66 bits per heavy atom. The van der Waals surface area contributed by atoms with Crippen LogP contribution in [0.5, 0.6) is 5.75 Å². The summed E-state index contributed by atoms with van der Waals surface area (Å²) in [7, 11) is 1.62. The fraction of sp³-hybridized carbons (Fsp3) is 0.217. The van der Waals surface area contributed by atoms with E-state index in [1.165, 1.54) is 6.20 Å². The maximum Gasteiger partial charge on any atom is 0.258 e. The number of aryl methyl sites for hydroxylation is 1. The molecule has 2 aromatic carbocycles. The number of carbonyl (C=O) groups excluding carboxylic acids is 2. The quantitative estimate of drug-likeness (QED) is 0.733. The molecule has 0 spiro atoms. The monoisotopic (exact) mass is 387 g/mol. The van der Waals surface area contributed by atoms with Crippen LogP contribution in [0, 0.1) is 6.92 Å². The first-order valence-corrected chi connectivity index (χ1v) is 9.44. The normalized spacial score (nSPS) is 15.5. The van der Waals surface area contributed by atoms with Gasteiger partial charge < -0.3 is 4.74 Å². The van der Waals surface area contributed by atoms with Crippen molar-refractivity contribution >= 4 is 17.6 Å². The molecule has 0 bridgehead atoms. The van der Waals surface area contributed by atoms with Gasteiger partial charge in [0.05, 0.1) is 18.4 Å². The number of Topliss-reactive ketones (excluding diaryl/α,β-unsaturated/α-hetero) is 1. The highest BCUT2D eigenvalue weighted by Gasteiger charge is 2.28. The Balaban J connectivity index is 1.56. The third-order valence-corrected chi connectivity index (χ3v) is 5.13. The van der Waals surface area contributed by atoms with Crippen LogP contribution >= 0.6 is 0 Å². The molecular weight excluding hydrogens is 366 g/mol. The van der Waals surface area contributed by atoms with Crippen LogP contribution in [-0.4, -0.2) is 28.8 Å². The average molecular weight is 387 g/mol. The van der Waals surface area contributed by atoms with Crippen LogP contribution in [-0.2, 0) is 6.42 Å². The number of fused-ring (bicyclic) bond motifs is 1. The number of anilines is 1. The van der Waals surface area contributed by atoms with Crippen molar-refractivity contribution in [3.05, 3.63) is 82.7 Å². The Kier molecular flexibility index (Phi) is 5.08. The number of nitrogens with one attached hydrogen (secondary N) is 1. The molecule has 1 aliphatic carbocycles. The molecule has 1 aliphatic rings. The number of hydrogen-bond acceptors (Lipinski definition) is 5. The molecule has 146 valence electrons. The molecule has 0 saturated carbocycles. The summed E-state index contributed by atoms with van der Waals surface area (Å²) < 4.78 is 5.20. The van der Waals surface area contributed by atoms with Crippen molar-refractivity contribution in [3.8, 4) is 5.75 Å². The van der Waals surface area contributed by atoms with Gasteiger partial charge in [0.2, 0.25) is 5.95 Å². The maximum atomic E-state index is 12.6. The van der Waals surface area contributed by atoms with Crippen molar-refractivity contribution in [1.29, 1.82) is 0 Å². The van der Waals surface area contributed by atoms with Gasteiger partial charge >= 0.3 is 0 Å². The topological polar surface area (TPSA) is 81.2 Å². The van der Waals surface area contributed by atoms with Crippen LogP contribution in [0.4, 0.5) is 5.95 Å². The van der Waals surface area contributed by atoms with Gasteiger partial charge in [-0.15, -0.1) is 0 Å². The summed E-state index contributed by atoms with van der Waals surface area (Å²) in [6, 6.07) is 15.0. The molecule has 0 fully saturated rings. The zero-order chi connectivity index (χ0) is 20.4. The van der Waals surface area contributed by atoms with Gasteiger partial charge in [-0.25, -0.2) is 9.97 Å². The molecule has 1 heterocycles. The minimum Gasteiger partial charge on any atom is -0.497 e. The van der Waals surface area contributed by atoms with Crippen LogP contribution in [0.1, 0.15) is 49.9 Å². The van der Waals surface area contributed by atoms with Crippen molar-refractivity contribution in [3.63, 3.8) is 0 Å². The van der Waals surface area contributed by atoms with E-state index >= 15 is 0 Å². The molecule has 6 nitrogen and oxygen atoms in total. The lowest BCUT2D eigenvalue weighted by Crippen LogP contribution is -2.22. The Labute approximate surface area is 169 Å². The number of ketones is 1. The van der Waals surface area contributed by atoms with Gasteiger partial charge in [0.25, 0.3) is 5.91 Å². The smallest absolute Gasteiger partial charge is 0.258 e. The molecule has 29 heavy (non-hydrogen) atoms. The standard InChI is InChI=1S/C23H21N3O3/c1-14-4-3-5-16(10-14)22(28)26-23-24-13-19-20(25-23)11-17(12-21(19)27)15-6-8-18(29-2)9-7-15/h3-10,13,17H,11-12H2,1-2H3,(H,24,25,26,28)/t17-/m0/s1. The summed E-state index contributed by atoms with van der Waals surface area (Å²) in [5.74, 6) is 0.764. The molecule has 6 heteroatoms. The van der Waals surface area contributed by atoms with Gasteiger partial charge in [-0.2, -0.15) is 0 Å². The second-order valence-electron chi connectivity index (χ2n) is 7.18. The van der Waals surface area contributed by atoms with Crippen molar-refractivity contribution in [2.75, 3.05) is 12.4 Å². The van der Waals surface area contributed by atoms with E-state index in [1.54, 1.807) is 19.2 Å². The fourth-order valence-corrected chi connectivity index (χ4v) is 3.58. The number of ether oxygens (including phenoxy) is 1. The predicted molar refractivity (Wildman–Crippen MR) is 110 cm³/mol. The van der Waals surface area contributed by atoms with Crippen molar-refractivity contribution in [1.82, 2.24) is 9.97 Å². The predicted octanol–water partition coefficient (Wildman–Crippen LogP) is 3.96. The first-order valence-electron chi connectivity index (χ1n) is 9.44. The van der Waals surface area contributed by atoms with Crippen molar-refractivity contribution in [2.24, 2.45) is 0 Å². The summed E-state index contributed by atoms with van der Waals surface area (Å²) in [6.07, 6.45) is 2.54. The fourth-order valence-electron chi connectivity index (χ4n) is 3.58. The summed E-state index contributed by atoms with van der Waals surface area (Å²) in [5.41, 5.74) is 3.80. The van der Waals surface area contributed by atoms with Crippen LogP contribution in [0.2, 0.25) is 0 Å². The maximum absolute atomic E-state index is 12.6. The number of rotatable bonds is 4. The van der Waals surface area contributed by atoms with Crippen LogP contribution in [0.25, 0.3) is 0 Å². The highest BCUT2D eigenvalue weighted by molar-refractivity contribution is 6.03. The number of methoxy groups -OCH3 is 1. The van der Waals surface area contributed by atoms with Crippen LogP contribution in [0.15, 0.2) is 54.7 Å². The van der Waals surface area contributed by atoms with Crippen molar-refractivity contribution in [2.45, 2.75) is 25.7 Å². The minimum atomic E-state index is -0.275. The zero-order valence-electron chi connectivity index (χ0n) is 16.3. The largest absolute Gasteiger partial charge is 0.497 e. The minimum absolute atomic E-state index is 0.0172. The molecule has 0 radical (unpaired) electrons. The highest BCUT2D eigenvalue weighted by Crippen LogP contribution is 2.32. The van der Waals surface area contributed by atoms with Gasteiger partial charge in [0.15, 0.2) is 5.78 Å². The number of hydrogen-bond donors (Lipinski definition) is 1. The Hall–Kier alpha value is -3.54. The Morgan fingerprint density at radius 2 is 1.93 bits per heavy atom. The van der Waals surface area contributed by atoms with E-state index in [9.17, 15) is 9.59 Å². The van der Waals surface area contributed by atoms with E-state index in [-0.39, 0.29) is 23.6 Å². The molecule has 3 aromatic rings. The average Bonchev–Trinajstić information content (AvgIpc) is 2.73. The van der Waals surface area contributed by atoms with Gasteiger partial charge in [0.1, 0.15) is 5.75 Å². The van der Waals surface area contributed by atoms with E-state index < -0.39 is 0 Å².